The summed E-state index contributed by atoms with van der Waals surface area (Å²) in [4.78, 5) is 18.6. The number of pyridine rings is 1. The van der Waals surface area contributed by atoms with Crippen molar-refractivity contribution < 1.29 is 14.3 Å². The highest BCUT2D eigenvalue weighted by atomic mass is 16.5. The van der Waals surface area contributed by atoms with Gasteiger partial charge in [-0.3, -0.25) is 9.78 Å². The van der Waals surface area contributed by atoms with E-state index in [1.165, 1.54) is 0 Å². The lowest BCUT2D eigenvalue weighted by Crippen LogP contribution is -2.53. The molecular formula is C17H22N2O3. The second-order valence-electron chi connectivity index (χ2n) is 5.80. The minimum Gasteiger partial charge on any atom is -0.377 e. The van der Waals surface area contributed by atoms with E-state index in [4.69, 9.17) is 9.47 Å². The molecule has 2 aliphatic rings. The molecule has 0 spiro atoms. The summed E-state index contributed by atoms with van der Waals surface area (Å²) in [5, 5.41) is 0. The Bertz CT molecular complexity index is 520. The van der Waals surface area contributed by atoms with Gasteiger partial charge in [-0.15, -0.1) is 6.58 Å². The normalized spacial score (nSPS) is 27.5. The van der Waals surface area contributed by atoms with Gasteiger partial charge >= 0.3 is 0 Å². The van der Waals surface area contributed by atoms with Crippen molar-refractivity contribution in [3.63, 3.8) is 0 Å². The second kappa shape index (κ2) is 7.03. The van der Waals surface area contributed by atoms with Crippen molar-refractivity contribution in [1.82, 2.24) is 9.88 Å². The number of carbonyl (C=O) groups excluding carboxylic acids is 1. The first-order valence-corrected chi connectivity index (χ1v) is 7.82. The average Bonchev–Trinajstić information content (AvgIpc) is 2.98. The Labute approximate surface area is 130 Å². The Balaban J connectivity index is 1.67. The number of ether oxygens (including phenoxy) is 2. The molecule has 1 aliphatic carbocycles. The van der Waals surface area contributed by atoms with Crippen LogP contribution in [0.4, 0.5) is 0 Å². The molecule has 1 aromatic rings. The molecule has 0 bridgehead atoms. The highest BCUT2D eigenvalue weighted by Crippen LogP contribution is 2.35. The maximum absolute atomic E-state index is 12.7. The number of fused-ring (bicyclic) bond motifs is 1. The molecule has 1 aromatic heterocycles. The molecule has 2 heterocycles. The van der Waals surface area contributed by atoms with Crippen LogP contribution in [0.3, 0.4) is 0 Å². The minimum atomic E-state index is 0.0772. The van der Waals surface area contributed by atoms with Crippen LogP contribution in [0.15, 0.2) is 37.2 Å². The number of amides is 1. The number of carbonyl (C=O) groups is 1. The first-order chi connectivity index (χ1) is 10.8. The largest absolute Gasteiger partial charge is 0.377 e. The van der Waals surface area contributed by atoms with Crippen molar-refractivity contribution >= 4 is 5.91 Å². The first-order valence-electron chi connectivity index (χ1n) is 7.82. The second-order valence-corrected chi connectivity index (χ2v) is 5.80. The Morgan fingerprint density at radius 2 is 2.27 bits per heavy atom. The lowest BCUT2D eigenvalue weighted by molar-refractivity contribution is -0.0738. The molecule has 3 atom stereocenters. The van der Waals surface area contributed by atoms with Crippen LogP contribution in [0.25, 0.3) is 0 Å². The molecule has 0 N–H and O–H groups in total. The van der Waals surface area contributed by atoms with Gasteiger partial charge in [-0.05, 0) is 25.0 Å². The van der Waals surface area contributed by atoms with E-state index in [-0.39, 0.29) is 18.1 Å². The Kier molecular flexibility index (Phi) is 4.85. The summed E-state index contributed by atoms with van der Waals surface area (Å²) in [6.45, 7) is 6.14. The SMILES string of the molecule is C=CCOC[C@@H]1CC[C@H]2[C@H]1OCCN2C(=O)c1ccncc1. The third-order valence-corrected chi connectivity index (χ3v) is 4.48. The van der Waals surface area contributed by atoms with Crippen LogP contribution in [0.5, 0.6) is 0 Å². The maximum atomic E-state index is 12.7. The number of nitrogens with zero attached hydrogens (tertiary/aromatic N) is 2. The topological polar surface area (TPSA) is 51.7 Å². The Morgan fingerprint density at radius 1 is 1.45 bits per heavy atom. The third kappa shape index (κ3) is 3.05. The lowest BCUT2D eigenvalue weighted by atomic mass is 10.0. The highest BCUT2D eigenvalue weighted by Gasteiger charge is 2.44. The standard InChI is InChI=1S/C17H22N2O3/c1-2-10-21-12-14-3-4-15-16(14)22-11-9-19(15)17(20)13-5-7-18-8-6-13/h2,5-8,14-16H,1,3-4,9-12H2/t14-,15-,16-/m0/s1. The van der Waals surface area contributed by atoms with Gasteiger partial charge in [0.2, 0.25) is 0 Å². The zero-order valence-electron chi connectivity index (χ0n) is 12.7. The summed E-state index contributed by atoms with van der Waals surface area (Å²) in [6.07, 6.45) is 7.17. The number of aromatic nitrogens is 1. The zero-order valence-corrected chi connectivity index (χ0v) is 12.7. The fourth-order valence-electron chi connectivity index (χ4n) is 3.45. The van der Waals surface area contributed by atoms with E-state index in [2.05, 4.69) is 11.6 Å². The van der Waals surface area contributed by atoms with Crippen molar-refractivity contribution in [1.29, 1.82) is 0 Å². The predicted octanol–water partition coefficient (Wildman–Crippen LogP) is 1.90. The number of hydrogen-bond acceptors (Lipinski definition) is 4. The highest BCUT2D eigenvalue weighted by molar-refractivity contribution is 5.94. The quantitative estimate of drug-likeness (QED) is 0.616. The van der Waals surface area contributed by atoms with Gasteiger partial charge in [-0.1, -0.05) is 6.08 Å². The molecule has 1 aliphatic heterocycles. The van der Waals surface area contributed by atoms with Crippen molar-refractivity contribution in [2.24, 2.45) is 5.92 Å². The van der Waals surface area contributed by atoms with Crippen LogP contribution in [-0.2, 0) is 9.47 Å². The molecule has 118 valence electrons. The van der Waals surface area contributed by atoms with Crippen LogP contribution in [-0.4, -0.2) is 54.3 Å². The number of morpholine rings is 1. The molecule has 5 heteroatoms. The van der Waals surface area contributed by atoms with Gasteiger partial charge in [-0.2, -0.15) is 0 Å². The van der Waals surface area contributed by atoms with Crippen molar-refractivity contribution in [3.05, 3.63) is 42.7 Å². The van der Waals surface area contributed by atoms with Crippen LogP contribution in [0, 0.1) is 5.92 Å². The molecule has 5 nitrogen and oxygen atoms in total. The summed E-state index contributed by atoms with van der Waals surface area (Å²) in [5.74, 6) is 0.436. The monoisotopic (exact) mass is 302 g/mol. The van der Waals surface area contributed by atoms with Crippen LogP contribution >= 0.6 is 0 Å². The summed E-state index contributed by atoms with van der Waals surface area (Å²) in [5.41, 5.74) is 0.696. The molecule has 3 rings (SSSR count). The van der Waals surface area contributed by atoms with E-state index in [9.17, 15) is 4.79 Å². The van der Waals surface area contributed by atoms with Crippen LogP contribution in [0.2, 0.25) is 0 Å². The Hall–Kier alpha value is -1.72. The van der Waals surface area contributed by atoms with E-state index in [0.29, 0.717) is 37.8 Å². The fourth-order valence-corrected chi connectivity index (χ4v) is 3.45. The summed E-state index contributed by atoms with van der Waals surface area (Å²) < 4.78 is 11.5. The molecule has 0 aromatic carbocycles. The smallest absolute Gasteiger partial charge is 0.254 e. The van der Waals surface area contributed by atoms with Gasteiger partial charge in [0.1, 0.15) is 0 Å². The van der Waals surface area contributed by atoms with E-state index < -0.39 is 0 Å². The maximum Gasteiger partial charge on any atom is 0.254 e. The zero-order chi connectivity index (χ0) is 15.4. The molecule has 0 unspecified atom stereocenters. The van der Waals surface area contributed by atoms with Gasteiger partial charge in [-0.25, -0.2) is 0 Å². The molecular weight excluding hydrogens is 280 g/mol. The van der Waals surface area contributed by atoms with Gasteiger partial charge in [0, 0.05) is 30.4 Å². The molecule has 1 saturated heterocycles. The van der Waals surface area contributed by atoms with Gasteiger partial charge in [0.25, 0.3) is 5.91 Å². The molecule has 0 radical (unpaired) electrons. The van der Waals surface area contributed by atoms with Gasteiger partial charge < -0.3 is 14.4 Å². The summed E-state index contributed by atoms with van der Waals surface area (Å²) >= 11 is 0. The summed E-state index contributed by atoms with van der Waals surface area (Å²) in [7, 11) is 0. The van der Waals surface area contributed by atoms with E-state index in [0.717, 1.165) is 12.8 Å². The van der Waals surface area contributed by atoms with E-state index in [1.807, 2.05) is 4.90 Å². The predicted molar refractivity (Wildman–Crippen MR) is 82.5 cm³/mol. The fraction of sp³-hybridized carbons (Fsp3) is 0.529. The van der Waals surface area contributed by atoms with Crippen molar-refractivity contribution in [3.8, 4) is 0 Å². The summed E-state index contributed by atoms with van der Waals surface area (Å²) in [6, 6.07) is 3.70. The van der Waals surface area contributed by atoms with Crippen molar-refractivity contribution in [2.75, 3.05) is 26.4 Å². The van der Waals surface area contributed by atoms with E-state index >= 15 is 0 Å². The van der Waals surface area contributed by atoms with Crippen molar-refractivity contribution in [2.45, 2.75) is 25.0 Å². The number of rotatable bonds is 5. The van der Waals surface area contributed by atoms with Crippen LogP contribution < -0.4 is 0 Å². The van der Waals surface area contributed by atoms with E-state index in [1.54, 1.807) is 30.6 Å². The minimum absolute atomic E-state index is 0.0772. The third-order valence-electron chi connectivity index (χ3n) is 4.48. The van der Waals surface area contributed by atoms with Crippen LogP contribution in [0.1, 0.15) is 23.2 Å². The number of hydrogen-bond donors (Lipinski definition) is 0. The molecule has 1 amide bonds. The molecule has 1 saturated carbocycles. The first kappa shape index (κ1) is 15.2. The average molecular weight is 302 g/mol. The molecule has 2 fully saturated rings. The van der Waals surface area contributed by atoms with Gasteiger partial charge in [0.05, 0.1) is 32.0 Å². The Morgan fingerprint density at radius 3 is 3.05 bits per heavy atom. The van der Waals surface area contributed by atoms with Gasteiger partial charge in [0.15, 0.2) is 0 Å². The lowest BCUT2D eigenvalue weighted by Gasteiger charge is -2.39. The molecule has 22 heavy (non-hydrogen) atoms.